The summed E-state index contributed by atoms with van der Waals surface area (Å²) >= 11 is 0. The van der Waals surface area contributed by atoms with E-state index in [1.807, 2.05) is 86.9 Å². The van der Waals surface area contributed by atoms with Crippen molar-refractivity contribution in [3.05, 3.63) is 220 Å². The average molecular weight is 995 g/mol. The molecule has 14 heteroatoms. The molecule has 2 aliphatic rings. The molecule has 8 N–H and O–H groups in total. The first-order chi connectivity index (χ1) is 36.2. The third kappa shape index (κ3) is 15.4. The van der Waals surface area contributed by atoms with E-state index >= 15 is 0 Å². The van der Waals surface area contributed by atoms with Gasteiger partial charge in [0.2, 0.25) is 0 Å². The minimum absolute atomic E-state index is 0.0910. The Morgan fingerprint density at radius 1 is 0.554 bits per heavy atom. The zero-order chi connectivity index (χ0) is 52.1. The van der Waals surface area contributed by atoms with E-state index in [9.17, 15) is 19.2 Å². The molecule has 14 nitrogen and oxygen atoms in total. The Balaban J connectivity index is 0.000000211. The number of pyridine rings is 2. The summed E-state index contributed by atoms with van der Waals surface area (Å²) in [7, 11) is 0. The Labute approximate surface area is 433 Å². The van der Waals surface area contributed by atoms with Gasteiger partial charge in [-0.2, -0.15) is 0 Å². The number of aromatic carboxylic acids is 1. The van der Waals surface area contributed by atoms with Crippen molar-refractivity contribution in [2.75, 3.05) is 48.7 Å². The summed E-state index contributed by atoms with van der Waals surface area (Å²) in [6.07, 6.45) is 6.95. The fourth-order valence-electron chi connectivity index (χ4n) is 9.32. The number of carboxylic acid groups (broad SMARTS) is 2. The number of carbonyl (C=O) groups is 4. The van der Waals surface area contributed by atoms with Gasteiger partial charge in [-0.3, -0.25) is 24.4 Å². The molecule has 74 heavy (non-hydrogen) atoms. The second-order valence-electron chi connectivity index (χ2n) is 18.0. The largest absolute Gasteiger partial charge is 0.481 e. The molecule has 0 unspecified atom stereocenters. The van der Waals surface area contributed by atoms with Crippen LogP contribution in [0.15, 0.2) is 170 Å². The van der Waals surface area contributed by atoms with Crippen molar-refractivity contribution in [2.24, 2.45) is 11.8 Å². The molecule has 5 aromatic carbocycles. The normalized spacial score (nSPS) is 15.0. The lowest BCUT2D eigenvalue weighted by molar-refractivity contribution is -0.136. The standard InChI is InChI=1S/C31H30N4O3.C27H30N4O3.C2H6/c36-30(35-26-13-11-23(12-14-26)31(37)38)24-9-4-6-21(18-24)15-17-33-29(22-7-2-1-3-8-22)25-19-28-27(34-20-25)10-5-16-32-28;32-25(33)12-15-30-27(34)21-9-4-6-19(16-21)11-14-29-26(20-7-2-1-3-8-20)22-17-24-23(31-18-22)10-5-13-28-24;1-2/h1-14,16,18,25,29,33-34H,15,17,19-20H2,(H,35,36)(H,37,38);1-10,13,16,22,26,29,31H,11-12,14-15,17-18H2,(H,30,34)(H,32,33);1-2H3/t25-,29-;22-,26-;/m11./s1. The topological polar surface area (TPSA) is 207 Å². The van der Waals surface area contributed by atoms with Gasteiger partial charge in [0.05, 0.1) is 34.7 Å². The van der Waals surface area contributed by atoms with Gasteiger partial charge in [0, 0.05) is 72.8 Å². The van der Waals surface area contributed by atoms with Gasteiger partial charge < -0.3 is 42.1 Å². The number of nitrogens with one attached hydrogen (secondary N) is 6. The highest BCUT2D eigenvalue weighted by atomic mass is 16.4. The fourth-order valence-corrected chi connectivity index (χ4v) is 9.32. The number of aromatic nitrogens is 2. The molecule has 0 saturated heterocycles. The monoisotopic (exact) mass is 995 g/mol. The Morgan fingerprint density at radius 3 is 1.51 bits per heavy atom. The number of carbonyl (C=O) groups excluding carboxylic acids is 2. The Kier molecular flexibility index (Phi) is 20.0. The summed E-state index contributed by atoms with van der Waals surface area (Å²) in [5.74, 6) is -1.71. The van der Waals surface area contributed by atoms with Gasteiger partial charge in [0.1, 0.15) is 0 Å². The van der Waals surface area contributed by atoms with E-state index in [0.29, 0.717) is 28.7 Å². The SMILES string of the molecule is CC.O=C(O)CCNC(=O)c1cccc(CCN[C@H](c2ccccc2)[C@H]2CNc3cccnc3C2)c1.O=C(O)c1ccc(NC(=O)c2cccc(CCN[C@H](c3ccccc3)[C@H]3CNc4cccnc4C3)c2)cc1. The predicted molar refractivity (Wildman–Crippen MR) is 292 cm³/mol. The van der Waals surface area contributed by atoms with Crippen molar-refractivity contribution in [2.45, 2.75) is 58.0 Å². The van der Waals surface area contributed by atoms with Crippen LogP contribution in [0.5, 0.6) is 0 Å². The Morgan fingerprint density at radius 2 is 1.04 bits per heavy atom. The maximum absolute atomic E-state index is 12.8. The van der Waals surface area contributed by atoms with Crippen LogP contribution in [0.1, 0.15) is 97.1 Å². The second-order valence-corrected chi connectivity index (χ2v) is 18.0. The Bertz CT molecular complexity index is 2920. The average Bonchev–Trinajstić information content (AvgIpc) is 3.44. The van der Waals surface area contributed by atoms with Crippen molar-refractivity contribution in [1.29, 1.82) is 0 Å². The number of hydrogen-bond donors (Lipinski definition) is 8. The first-order valence-electron chi connectivity index (χ1n) is 25.4. The van der Waals surface area contributed by atoms with E-state index in [-0.39, 0.29) is 42.4 Å². The van der Waals surface area contributed by atoms with Crippen molar-refractivity contribution in [3.8, 4) is 0 Å². The molecule has 0 saturated carbocycles. The summed E-state index contributed by atoms with van der Waals surface area (Å²) in [6, 6.07) is 50.6. The summed E-state index contributed by atoms with van der Waals surface area (Å²) in [5.41, 5.74) is 10.9. The molecule has 9 rings (SSSR count). The third-order valence-electron chi connectivity index (χ3n) is 13.0. The number of hydrogen-bond acceptors (Lipinski definition) is 10. The molecule has 2 amide bonds. The van der Waals surface area contributed by atoms with E-state index in [4.69, 9.17) is 10.2 Å². The number of fused-ring (bicyclic) bond motifs is 2. The second kappa shape index (κ2) is 27.6. The molecular formula is C60H66N8O6. The van der Waals surface area contributed by atoms with Crippen LogP contribution >= 0.6 is 0 Å². The molecular weight excluding hydrogens is 929 g/mol. The van der Waals surface area contributed by atoms with Crippen LogP contribution in [0.25, 0.3) is 0 Å². The molecule has 0 aliphatic carbocycles. The molecule has 0 radical (unpaired) electrons. The molecule has 4 atom stereocenters. The van der Waals surface area contributed by atoms with Gasteiger partial charge in [-0.05, 0) is 134 Å². The van der Waals surface area contributed by atoms with Gasteiger partial charge in [-0.15, -0.1) is 0 Å². The van der Waals surface area contributed by atoms with E-state index in [2.05, 4.69) is 103 Å². The highest BCUT2D eigenvalue weighted by Gasteiger charge is 2.29. The lowest BCUT2D eigenvalue weighted by Gasteiger charge is -2.33. The van der Waals surface area contributed by atoms with E-state index < -0.39 is 11.9 Å². The molecule has 0 bridgehead atoms. The summed E-state index contributed by atoms with van der Waals surface area (Å²) in [6.45, 7) is 7.37. The number of nitrogens with zero attached hydrogens (tertiary/aromatic N) is 2. The summed E-state index contributed by atoms with van der Waals surface area (Å²) in [5, 5.41) is 37.9. The molecule has 2 aliphatic heterocycles. The van der Waals surface area contributed by atoms with Crippen LogP contribution in [0.4, 0.5) is 17.1 Å². The van der Waals surface area contributed by atoms with Crippen LogP contribution in [0.2, 0.25) is 0 Å². The van der Waals surface area contributed by atoms with Crippen LogP contribution in [0.3, 0.4) is 0 Å². The summed E-state index contributed by atoms with van der Waals surface area (Å²) in [4.78, 5) is 56.0. The minimum atomic E-state index is -1.00. The predicted octanol–water partition coefficient (Wildman–Crippen LogP) is 9.66. The third-order valence-corrected chi connectivity index (χ3v) is 13.0. The van der Waals surface area contributed by atoms with Gasteiger partial charge in [0.15, 0.2) is 0 Å². The zero-order valence-corrected chi connectivity index (χ0v) is 42.0. The molecule has 0 spiro atoms. The van der Waals surface area contributed by atoms with E-state index in [0.717, 1.165) is 85.8 Å². The van der Waals surface area contributed by atoms with Crippen molar-refractivity contribution >= 4 is 40.8 Å². The molecule has 382 valence electrons. The van der Waals surface area contributed by atoms with Crippen LogP contribution in [-0.4, -0.2) is 76.7 Å². The fraction of sp³-hybridized carbons (Fsp3) is 0.267. The van der Waals surface area contributed by atoms with Gasteiger partial charge in [0.25, 0.3) is 11.8 Å². The lowest BCUT2D eigenvalue weighted by atomic mass is 9.86. The lowest BCUT2D eigenvalue weighted by Crippen LogP contribution is -2.37. The van der Waals surface area contributed by atoms with E-state index in [1.54, 1.807) is 24.3 Å². The first-order valence-corrected chi connectivity index (χ1v) is 25.4. The number of rotatable bonds is 19. The zero-order valence-electron chi connectivity index (χ0n) is 42.0. The van der Waals surface area contributed by atoms with Gasteiger partial charge in [-0.25, -0.2) is 4.79 Å². The van der Waals surface area contributed by atoms with Crippen molar-refractivity contribution in [1.82, 2.24) is 25.9 Å². The number of benzene rings is 5. The number of amides is 2. The highest BCUT2D eigenvalue weighted by molar-refractivity contribution is 6.04. The highest BCUT2D eigenvalue weighted by Crippen LogP contribution is 2.33. The summed E-state index contributed by atoms with van der Waals surface area (Å²) < 4.78 is 0. The van der Waals surface area contributed by atoms with E-state index in [1.165, 1.54) is 23.3 Å². The van der Waals surface area contributed by atoms with Crippen molar-refractivity contribution in [3.63, 3.8) is 0 Å². The number of carboxylic acids is 2. The number of anilines is 3. The van der Waals surface area contributed by atoms with Crippen LogP contribution in [0, 0.1) is 11.8 Å². The smallest absolute Gasteiger partial charge is 0.335 e. The van der Waals surface area contributed by atoms with Gasteiger partial charge in [-0.1, -0.05) is 98.8 Å². The van der Waals surface area contributed by atoms with Crippen LogP contribution < -0.4 is 31.9 Å². The quantitative estimate of drug-likeness (QED) is 0.0381. The maximum Gasteiger partial charge on any atom is 0.335 e. The van der Waals surface area contributed by atoms with Gasteiger partial charge >= 0.3 is 11.9 Å². The van der Waals surface area contributed by atoms with Crippen molar-refractivity contribution < 1.29 is 29.4 Å². The molecule has 7 aromatic rings. The molecule has 4 heterocycles. The first kappa shape index (κ1) is 53.6. The number of aliphatic carboxylic acids is 1. The maximum atomic E-state index is 12.8. The molecule has 2 aromatic heterocycles. The minimum Gasteiger partial charge on any atom is -0.481 e. The van der Waals surface area contributed by atoms with Crippen LogP contribution in [-0.2, 0) is 30.5 Å². The Hall–Kier alpha value is -8.20. The molecule has 0 fully saturated rings.